The highest BCUT2D eigenvalue weighted by molar-refractivity contribution is 8.02. The first-order valence-electron chi connectivity index (χ1n) is 11.3. The van der Waals surface area contributed by atoms with Gasteiger partial charge in [-0.05, 0) is 77.4 Å². The predicted molar refractivity (Wildman–Crippen MR) is 162 cm³/mol. The smallest absolute Gasteiger partial charge is 0.497 e. The molecule has 204 valence electrons. The number of benzene rings is 3. The van der Waals surface area contributed by atoms with E-state index in [9.17, 15) is 4.57 Å². The highest BCUT2D eigenvalue weighted by atomic mass is 32.4. The molecular formula is C24H27N4O6P3S2+2. The average Bonchev–Trinajstić information content (AvgIpc) is 2.91. The van der Waals surface area contributed by atoms with Crippen LogP contribution >= 0.6 is 21.7 Å². The van der Waals surface area contributed by atoms with Gasteiger partial charge in [-0.3, -0.25) is 13.6 Å². The average molecular weight is 625 g/mol. The van der Waals surface area contributed by atoms with E-state index in [2.05, 4.69) is 10.2 Å². The first-order chi connectivity index (χ1) is 18.5. The molecule has 0 aliphatic carbocycles. The summed E-state index contributed by atoms with van der Waals surface area (Å²) in [4.78, 5) is 18.2. The first-order valence-corrected chi connectivity index (χ1v) is 17.5. The predicted octanol–water partition coefficient (Wildman–Crippen LogP) is 5.61. The molecule has 0 heterocycles. The Labute approximate surface area is 239 Å². The second-order valence-electron chi connectivity index (χ2n) is 7.94. The van der Waals surface area contributed by atoms with E-state index in [1.165, 1.54) is 4.78 Å². The molecule has 2 N–H and O–H groups in total. The van der Waals surface area contributed by atoms with Crippen molar-refractivity contribution >= 4 is 57.8 Å². The third-order valence-corrected chi connectivity index (χ3v) is 9.42. The fraction of sp³-hybridized carbons (Fsp3) is 0.167. The number of hydrazone groups is 2. The number of methoxy groups -OCH3 is 1. The molecular weight excluding hydrogens is 597 g/mol. The van der Waals surface area contributed by atoms with Crippen LogP contribution in [0.3, 0.4) is 0 Å². The van der Waals surface area contributed by atoms with Crippen LogP contribution in [0, 0.1) is 0 Å². The van der Waals surface area contributed by atoms with Crippen LogP contribution in [0.1, 0.15) is 16.7 Å². The van der Waals surface area contributed by atoms with E-state index in [1.54, 1.807) is 74.8 Å². The van der Waals surface area contributed by atoms with E-state index < -0.39 is 21.7 Å². The van der Waals surface area contributed by atoms with Crippen LogP contribution in [0.25, 0.3) is 0 Å². The fourth-order valence-electron chi connectivity index (χ4n) is 2.88. The molecule has 2 atom stereocenters. The quantitative estimate of drug-likeness (QED) is 0.141. The molecule has 0 aliphatic rings. The summed E-state index contributed by atoms with van der Waals surface area (Å²) in [6.45, 7) is 0. The van der Waals surface area contributed by atoms with Crippen molar-refractivity contribution in [3.05, 3.63) is 89.5 Å². The zero-order valence-electron chi connectivity index (χ0n) is 21.3. The van der Waals surface area contributed by atoms with E-state index in [0.29, 0.717) is 17.1 Å². The van der Waals surface area contributed by atoms with Gasteiger partial charge < -0.3 is 14.5 Å². The summed E-state index contributed by atoms with van der Waals surface area (Å²) < 4.78 is 31.0. The Morgan fingerprint density at radius 3 is 1.54 bits per heavy atom. The SMILES string of the molecule is COc1ccc(/C=N\N(C)[P+](=S)Oc2ccc(/C=N\N(C)[P+](=S)Oc3ccc(CP(=O)(O)O)cc3)cc2)cc1. The monoisotopic (exact) mass is 624 g/mol. The van der Waals surface area contributed by atoms with Gasteiger partial charge in [0.2, 0.25) is 23.6 Å². The Kier molecular flexibility index (Phi) is 11.5. The Morgan fingerprint density at radius 1 is 0.769 bits per heavy atom. The lowest BCUT2D eigenvalue weighted by molar-refractivity contribution is 0.371. The molecule has 0 saturated carbocycles. The Hall–Kier alpha value is -2.81. The highest BCUT2D eigenvalue weighted by Gasteiger charge is 2.22. The molecule has 0 saturated heterocycles. The molecule has 2 unspecified atom stereocenters. The summed E-state index contributed by atoms with van der Waals surface area (Å²) in [5, 5.41) is 8.72. The van der Waals surface area contributed by atoms with Crippen LogP contribution in [0.2, 0.25) is 0 Å². The van der Waals surface area contributed by atoms with Gasteiger partial charge in [0, 0.05) is 0 Å². The Morgan fingerprint density at radius 2 is 1.15 bits per heavy atom. The summed E-state index contributed by atoms with van der Waals surface area (Å²) in [5.41, 5.74) is 2.26. The van der Waals surface area contributed by atoms with Crippen molar-refractivity contribution in [2.75, 3.05) is 21.2 Å². The van der Waals surface area contributed by atoms with E-state index in [1.807, 2.05) is 36.4 Å². The van der Waals surface area contributed by atoms with E-state index in [0.717, 1.165) is 16.9 Å². The first kappa shape index (κ1) is 30.7. The summed E-state index contributed by atoms with van der Waals surface area (Å²) in [6.07, 6.45) is 3.03. The molecule has 0 aliphatic heterocycles. The van der Waals surface area contributed by atoms with Crippen molar-refractivity contribution in [3.63, 3.8) is 0 Å². The van der Waals surface area contributed by atoms with Gasteiger partial charge in [0.25, 0.3) is 0 Å². The molecule has 3 rings (SSSR count). The molecule has 0 aromatic heterocycles. The van der Waals surface area contributed by atoms with Crippen molar-refractivity contribution in [2.24, 2.45) is 10.2 Å². The Balaban J connectivity index is 1.49. The van der Waals surface area contributed by atoms with Gasteiger partial charge in [-0.2, -0.15) is 0 Å². The van der Waals surface area contributed by atoms with Gasteiger partial charge >= 0.3 is 21.7 Å². The molecule has 0 fully saturated rings. The standard InChI is InChI=1S/C24H25N4O6P3S2/c1-27(25-16-19-4-10-22(32-3)11-5-19)35(38)33-23-12-6-20(7-13-23)17-26-28(2)36(39)34-24-14-8-21(9-15-24)18-37(29,30)31/h4-17H,18H2,1-3H3/p+2/b25-16-,26-17-. The third-order valence-electron chi connectivity index (χ3n) is 4.90. The van der Waals surface area contributed by atoms with Crippen LogP contribution in [0.15, 0.2) is 83.0 Å². The van der Waals surface area contributed by atoms with Gasteiger partial charge in [0.05, 0.1) is 39.8 Å². The molecule has 0 bridgehead atoms. The highest BCUT2D eigenvalue weighted by Crippen LogP contribution is 2.39. The van der Waals surface area contributed by atoms with Gasteiger partial charge in [-0.15, -0.1) is 10.2 Å². The minimum Gasteiger partial charge on any atom is -0.497 e. The molecule has 10 nitrogen and oxygen atoms in total. The van der Waals surface area contributed by atoms with Crippen molar-refractivity contribution in [1.82, 2.24) is 9.56 Å². The van der Waals surface area contributed by atoms with Crippen LogP contribution in [0.4, 0.5) is 0 Å². The zero-order chi connectivity index (χ0) is 28.4. The molecule has 0 amide bonds. The van der Waals surface area contributed by atoms with Crippen LogP contribution in [-0.4, -0.2) is 53.0 Å². The molecule has 39 heavy (non-hydrogen) atoms. The fourth-order valence-corrected chi connectivity index (χ4v) is 5.45. The molecule has 0 radical (unpaired) electrons. The second kappa shape index (κ2) is 14.5. The van der Waals surface area contributed by atoms with Gasteiger partial charge in [0.1, 0.15) is 5.75 Å². The topological polar surface area (TPSA) is 116 Å². The largest absolute Gasteiger partial charge is 0.540 e. The van der Waals surface area contributed by atoms with E-state index >= 15 is 0 Å². The maximum atomic E-state index is 11.1. The minimum absolute atomic E-state index is 0.326. The Bertz CT molecular complexity index is 1380. The number of nitrogens with zero attached hydrogens (tertiary/aromatic N) is 4. The second-order valence-corrected chi connectivity index (χ2v) is 13.9. The minimum atomic E-state index is -4.12. The van der Waals surface area contributed by atoms with Crippen molar-refractivity contribution < 1.29 is 28.1 Å². The van der Waals surface area contributed by atoms with Gasteiger partial charge in [-0.1, -0.05) is 21.7 Å². The van der Waals surface area contributed by atoms with E-state index in [-0.39, 0.29) is 6.16 Å². The van der Waals surface area contributed by atoms with Gasteiger partial charge in [-0.25, -0.2) is 0 Å². The third kappa shape index (κ3) is 10.7. The van der Waals surface area contributed by atoms with Crippen LogP contribution in [0.5, 0.6) is 17.2 Å². The lowest BCUT2D eigenvalue weighted by Gasteiger charge is -2.05. The number of hydrogen-bond donors (Lipinski definition) is 2. The summed E-state index contributed by atoms with van der Waals surface area (Å²) in [6, 6.07) is 21.3. The summed E-state index contributed by atoms with van der Waals surface area (Å²) in [5.74, 6) is 1.88. The van der Waals surface area contributed by atoms with E-state index in [4.69, 9.17) is 47.2 Å². The lowest BCUT2D eigenvalue weighted by Crippen LogP contribution is -2.04. The zero-order valence-corrected chi connectivity index (χ0v) is 25.6. The number of hydrogen-bond acceptors (Lipinski definition) is 8. The maximum Gasteiger partial charge on any atom is 0.540 e. The number of ether oxygens (including phenoxy) is 1. The summed E-state index contributed by atoms with van der Waals surface area (Å²) in [7, 11) is -1.93. The molecule has 3 aromatic rings. The maximum absolute atomic E-state index is 11.1. The molecule has 3 aromatic carbocycles. The molecule has 0 spiro atoms. The lowest BCUT2D eigenvalue weighted by atomic mass is 10.2. The normalized spacial score (nSPS) is 12.3. The van der Waals surface area contributed by atoms with Crippen LogP contribution < -0.4 is 13.8 Å². The van der Waals surface area contributed by atoms with Crippen molar-refractivity contribution in [1.29, 1.82) is 0 Å². The van der Waals surface area contributed by atoms with Crippen molar-refractivity contribution in [3.8, 4) is 17.2 Å². The number of rotatable bonds is 13. The van der Waals surface area contributed by atoms with Crippen LogP contribution in [-0.2, 0) is 34.3 Å². The molecule has 15 heteroatoms. The summed E-state index contributed by atoms with van der Waals surface area (Å²) >= 11 is 10.9. The van der Waals surface area contributed by atoms with Gasteiger partial charge in [0.15, 0.2) is 11.5 Å². The van der Waals surface area contributed by atoms with Crippen molar-refractivity contribution in [2.45, 2.75) is 6.16 Å².